The molecule has 168 valence electrons. The van der Waals surface area contributed by atoms with Gasteiger partial charge in [0.15, 0.2) is 0 Å². The minimum atomic E-state index is -0.416. The van der Waals surface area contributed by atoms with Crippen LogP contribution in [0, 0.1) is 5.82 Å². The molecule has 6 nitrogen and oxygen atoms in total. The number of amides is 2. The number of aryl methyl sites for hydroxylation is 1. The Hall–Kier alpha value is -3.19. The van der Waals surface area contributed by atoms with Crippen LogP contribution in [0.3, 0.4) is 0 Å². The maximum atomic E-state index is 13.4. The molecule has 2 N–H and O–H groups in total. The van der Waals surface area contributed by atoms with Crippen molar-refractivity contribution in [2.75, 3.05) is 13.6 Å². The Morgan fingerprint density at radius 2 is 1.94 bits per heavy atom. The molecular weight excluding hydrogens is 431 g/mol. The summed E-state index contributed by atoms with van der Waals surface area (Å²) in [5.74, 6) is -0.569. The number of carbonyl (C=O) groups is 2. The van der Waals surface area contributed by atoms with Crippen LogP contribution in [0.1, 0.15) is 37.1 Å². The number of hydrogen-bond donors (Lipinski definition) is 2. The van der Waals surface area contributed by atoms with E-state index in [1.54, 1.807) is 30.1 Å². The molecule has 0 saturated carbocycles. The van der Waals surface area contributed by atoms with Crippen molar-refractivity contribution < 1.29 is 14.0 Å². The lowest BCUT2D eigenvalue weighted by Gasteiger charge is -2.22. The molecule has 2 aromatic carbocycles. The lowest BCUT2D eigenvalue weighted by atomic mass is 10.0. The van der Waals surface area contributed by atoms with Gasteiger partial charge in [-0.1, -0.05) is 35.9 Å². The number of nitrogens with zero attached hydrogens (tertiary/aromatic N) is 2. The topological polar surface area (TPSA) is 78.1 Å². The van der Waals surface area contributed by atoms with E-state index in [0.29, 0.717) is 29.2 Å². The molecular formula is C24H26ClFN4O2. The summed E-state index contributed by atoms with van der Waals surface area (Å²) < 4.78 is 13.4. The minimum absolute atomic E-state index is 0.0660. The lowest BCUT2D eigenvalue weighted by molar-refractivity contribution is -0.130. The molecule has 3 rings (SSSR count). The Kier molecular flexibility index (Phi) is 8.00. The van der Waals surface area contributed by atoms with Crippen molar-refractivity contribution in [3.63, 3.8) is 0 Å². The number of aromatic amines is 1. The van der Waals surface area contributed by atoms with Crippen molar-refractivity contribution in [2.24, 2.45) is 0 Å². The molecule has 0 aliphatic carbocycles. The Morgan fingerprint density at radius 3 is 2.62 bits per heavy atom. The minimum Gasteiger partial charge on any atom is -0.349 e. The third kappa shape index (κ3) is 6.65. The zero-order chi connectivity index (χ0) is 23.1. The molecule has 3 aromatic rings. The predicted molar refractivity (Wildman–Crippen MR) is 123 cm³/mol. The van der Waals surface area contributed by atoms with Crippen LogP contribution < -0.4 is 5.32 Å². The first kappa shape index (κ1) is 23.5. The molecule has 1 atom stereocenters. The van der Waals surface area contributed by atoms with Gasteiger partial charge in [0.25, 0.3) is 0 Å². The highest BCUT2D eigenvalue weighted by molar-refractivity contribution is 6.30. The van der Waals surface area contributed by atoms with Crippen LogP contribution in [-0.4, -0.2) is 40.5 Å². The molecule has 1 heterocycles. The summed E-state index contributed by atoms with van der Waals surface area (Å²) in [6.07, 6.45) is 1.59. The highest BCUT2D eigenvalue weighted by atomic mass is 35.5. The number of halogens is 2. The maximum Gasteiger partial charge on any atom is 0.224 e. The van der Waals surface area contributed by atoms with Gasteiger partial charge in [0.1, 0.15) is 5.82 Å². The molecule has 0 bridgehead atoms. The molecule has 0 fully saturated rings. The summed E-state index contributed by atoms with van der Waals surface area (Å²) in [6, 6.07) is 14.9. The molecule has 1 aromatic heterocycles. The van der Waals surface area contributed by atoms with Gasteiger partial charge in [-0.15, -0.1) is 0 Å². The highest BCUT2D eigenvalue weighted by Crippen LogP contribution is 2.21. The van der Waals surface area contributed by atoms with Crippen molar-refractivity contribution in [1.82, 2.24) is 20.4 Å². The first-order valence-corrected chi connectivity index (χ1v) is 10.8. The molecule has 8 heteroatoms. The third-order valence-corrected chi connectivity index (χ3v) is 5.40. The summed E-state index contributed by atoms with van der Waals surface area (Å²) in [5, 5.41) is 10.6. The smallest absolute Gasteiger partial charge is 0.224 e. The van der Waals surface area contributed by atoms with Crippen LogP contribution in [0.5, 0.6) is 0 Å². The van der Waals surface area contributed by atoms with E-state index < -0.39 is 6.04 Å². The second kappa shape index (κ2) is 10.9. The molecule has 0 aliphatic rings. The van der Waals surface area contributed by atoms with Crippen molar-refractivity contribution in [2.45, 2.75) is 32.2 Å². The largest absolute Gasteiger partial charge is 0.349 e. The fourth-order valence-electron chi connectivity index (χ4n) is 3.44. The molecule has 0 radical (unpaired) electrons. The zero-order valence-electron chi connectivity index (χ0n) is 18.1. The third-order valence-electron chi connectivity index (χ3n) is 5.15. The van der Waals surface area contributed by atoms with Crippen LogP contribution in [0.25, 0.3) is 11.3 Å². The van der Waals surface area contributed by atoms with E-state index in [0.717, 1.165) is 17.7 Å². The Labute approximate surface area is 191 Å². The number of rotatable bonds is 9. The van der Waals surface area contributed by atoms with E-state index >= 15 is 0 Å². The quantitative estimate of drug-likeness (QED) is 0.496. The van der Waals surface area contributed by atoms with Crippen LogP contribution in [0.4, 0.5) is 4.39 Å². The second-order valence-electron chi connectivity index (χ2n) is 7.72. The average Bonchev–Trinajstić information content (AvgIpc) is 3.22. The van der Waals surface area contributed by atoms with E-state index in [9.17, 15) is 14.0 Å². The van der Waals surface area contributed by atoms with Gasteiger partial charge in [-0.2, -0.15) is 5.10 Å². The fourth-order valence-corrected chi connectivity index (χ4v) is 3.57. The number of hydrogen-bond acceptors (Lipinski definition) is 3. The first-order valence-electron chi connectivity index (χ1n) is 10.4. The molecule has 1 unspecified atom stereocenters. The van der Waals surface area contributed by atoms with E-state index in [4.69, 9.17) is 11.6 Å². The molecule has 32 heavy (non-hydrogen) atoms. The standard InChI is InChI=1S/C24H26ClFN4O2/c1-16(31)27-22(17-8-10-19(25)11-9-17)15-24(32)30(2)12-4-7-21-14-23(29-28-21)18-5-3-6-20(26)13-18/h3,5-6,8-11,13-14,22H,4,7,12,15H2,1-2H3,(H,27,31)(H,28,29). The van der Waals surface area contributed by atoms with Crippen LogP contribution in [0.2, 0.25) is 5.02 Å². The number of benzene rings is 2. The molecule has 2 amide bonds. The SMILES string of the molecule is CC(=O)NC(CC(=O)N(C)CCCc1cc(-c2cccc(F)c2)n[nH]1)c1ccc(Cl)cc1. The van der Waals surface area contributed by atoms with Crippen molar-refractivity contribution in [3.8, 4) is 11.3 Å². The molecule has 0 spiro atoms. The fraction of sp³-hybridized carbons (Fsp3) is 0.292. The normalized spacial score (nSPS) is 11.8. The van der Waals surface area contributed by atoms with Gasteiger partial charge in [0.05, 0.1) is 18.2 Å². The molecule has 0 saturated heterocycles. The molecule has 0 aliphatic heterocycles. The van der Waals surface area contributed by atoms with Gasteiger partial charge >= 0.3 is 0 Å². The second-order valence-corrected chi connectivity index (χ2v) is 8.15. The van der Waals surface area contributed by atoms with Crippen molar-refractivity contribution >= 4 is 23.4 Å². The summed E-state index contributed by atoms with van der Waals surface area (Å²) in [6.45, 7) is 1.99. The monoisotopic (exact) mass is 456 g/mol. The summed E-state index contributed by atoms with van der Waals surface area (Å²) in [4.78, 5) is 26.0. The summed E-state index contributed by atoms with van der Waals surface area (Å²) >= 11 is 5.94. The van der Waals surface area contributed by atoms with Gasteiger partial charge in [-0.3, -0.25) is 14.7 Å². The maximum absolute atomic E-state index is 13.4. The number of aromatic nitrogens is 2. The van der Waals surface area contributed by atoms with Gasteiger partial charge in [-0.25, -0.2) is 4.39 Å². The van der Waals surface area contributed by atoms with Crippen LogP contribution in [-0.2, 0) is 16.0 Å². The van der Waals surface area contributed by atoms with Gasteiger partial charge in [0, 0.05) is 36.8 Å². The Bertz CT molecular complexity index is 1070. The Balaban J connectivity index is 1.52. The van der Waals surface area contributed by atoms with Gasteiger partial charge in [0.2, 0.25) is 11.8 Å². The van der Waals surface area contributed by atoms with E-state index in [-0.39, 0.29) is 24.1 Å². The summed E-state index contributed by atoms with van der Waals surface area (Å²) in [5.41, 5.74) is 3.15. The number of nitrogens with one attached hydrogen (secondary N) is 2. The summed E-state index contributed by atoms with van der Waals surface area (Å²) in [7, 11) is 1.75. The average molecular weight is 457 g/mol. The van der Waals surface area contributed by atoms with E-state index in [1.807, 2.05) is 24.3 Å². The Morgan fingerprint density at radius 1 is 1.19 bits per heavy atom. The lowest BCUT2D eigenvalue weighted by Crippen LogP contribution is -2.34. The van der Waals surface area contributed by atoms with Gasteiger partial charge in [-0.05, 0) is 48.7 Å². The zero-order valence-corrected chi connectivity index (χ0v) is 18.8. The van der Waals surface area contributed by atoms with E-state index in [1.165, 1.54) is 19.1 Å². The van der Waals surface area contributed by atoms with Gasteiger partial charge < -0.3 is 10.2 Å². The number of carbonyl (C=O) groups excluding carboxylic acids is 2. The highest BCUT2D eigenvalue weighted by Gasteiger charge is 2.19. The number of H-pyrrole nitrogens is 1. The van der Waals surface area contributed by atoms with Crippen LogP contribution >= 0.6 is 11.6 Å². The predicted octanol–water partition coefficient (Wildman–Crippen LogP) is 4.53. The van der Waals surface area contributed by atoms with Crippen molar-refractivity contribution in [3.05, 3.63) is 76.7 Å². The van der Waals surface area contributed by atoms with Crippen LogP contribution in [0.15, 0.2) is 54.6 Å². The van der Waals surface area contributed by atoms with E-state index in [2.05, 4.69) is 15.5 Å². The first-order chi connectivity index (χ1) is 15.3. The van der Waals surface area contributed by atoms with Crippen molar-refractivity contribution in [1.29, 1.82) is 0 Å².